The van der Waals surface area contributed by atoms with Crippen LogP contribution in [0.5, 0.6) is 0 Å². The third-order valence-electron chi connectivity index (χ3n) is 2.61. The Labute approximate surface area is 115 Å². The quantitative estimate of drug-likeness (QED) is 0.943. The van der Waals surface area contributed by atoms with Gasteiger partial charge in [0.2, 0.25) is 0 Å². The summed E-state index contributed by atoms with van der Waals surface area (Å²) in [7, 11) is 3.74. The van der Waals surface area contributed by atoms with Crippen LogP contribution >= 0.6 is 15.9 Å². The highest BCUT2D eigenvalue weighted by Gasteiger charge is 2.13. The summed E-state index contributed by atoms with van der Waals surface area (Å²) in [5, 5.41) is 7.24. The molecular weight excluding hydrogens is 294 g/mol. The van der Waals surface area contributed by atoms with Crippen molar-refractivity contribution in [1.29, 1.82) is 0 Å². The van der Waals surface area contributed by atoms with Crippen LogP contribution in [0.1, 0.15) is 19.0 Å². The molecule has 0 saturated carbocycles. The smallest absolute Gasteiger partial charge is 0.165 e. The Balaban J connectivity index is 2.51. The predicted octanol–water partition coefficient (Wildman–Crippen LogP) is 2.63. The number of halogens is 1. The first-order valence-corrected chi connectivity index (χ1v) is 6.68. The van der Waals surface area contributed by atoms with Gasteiger partial charge in [-0.1, -0.05) is 13.3 Å². The standard InChI is InChI=1S/C12H16BrN5/c1-4-5-9-10(13)12(14-2)17-11(16-9)8-6-15-18(3)7-8/h6-7H,4-5H2,1-3H3,(H,14,16,17). The van der Waals surface area contributed by atoms with Crippen molar-refractivity contribution >= 4 is 21.7 Å². The van der Waals surface area contributed by atoms with E-state index in [1.165, 1.54) is 0 Å². The van der Waals surface area contributed by atoms with Gasteiger partial charge in [-0.3, -0.25) is 4.68 Å². The van der Waals surface area contributed by atoms with E-state index in [-0.39, 0.29) is 0 Å². The molecule has 0 fully saturated rings. The molecule has 2 heterocycles. The van der Waals surface area contributed by atoms with Crippen molar-refractivity contribution in [3.05, 3.63) is 22.6 Å². The molecule has 0 aliphatic carbocycles. The van der Waals surface area contributed by atoms with E-state index in [9.17, 15) is 0 Å². The number of hydrogen-bond donors (Lipinski definition) is 1. The second-order valence-corrected chi connectivity index (χ2v) is 4.85. The average molecular weight is 310 g/mol. The SMILES string of the molecule is CCCc1nc(-c2cnn(C)c2)nc(NC)c1Br. The molecule has 0 atom stereocenters. The molecule has 18 heavy (non-hydrogen) atoms. The molecule has 2 rings (SSSR count). The van der Waals surface area contributed by atoms with E-state index in [0.717, 1.165) is 34.4 Å². The third kappa shape index (κ3) is 2.53. The van der Waals surface area contributed by atoms with Crippen LogP contribution in [-0.2, 0) is 13.5 Å². The first-order chi connectivity index (χ1) is 8.65. The molecule has 0 bridgehead atoms. The Morgan fingerprint density at radius 3 is 2.72 bits per heavy atom. The summed E-state index contributed by atoms with van der Waals surface area (Å²) in [4.78, 5) is 9.10. The lowest BCUT2D eigenvalue weighted by Gasteiger charge is -2.09. The molecule has 0 saturated heterocycles. The van der Waals surface area contributed by atoms with Crippen molar-refractivity contribution in [3.8, 4) is 11.4 Å². The zero-order valence-electron chi connectivity index (χ0n) is 10.7. The summed E-state index contributed by atoms with van der Waals surface area (Å²) in [5.74, 6) is 1.52. The predicted molar refractivity (Wildman–Crippen MR) is 75.5 cm³/mol. The van der Waals surface area contributed by atoms with Crippen LogP contribution in [0.15, 0.2) is 16.9 Å². The molecule has 2 aromatic rings. The van der Waals surface area contributed by atoms with Gasteiger partial charge in [0.05, 0.1) is 21.9 Å². The van der Waals surface area contributed by atoms with Crippen LogP contribution in [-0.4, -0.2) is 26.8 Å². The molecule has 2 aromatic heterocycles. The van der Waals surface area contributed by atoms with Crippen LogP contribution in [0.4, 0.5) is 5.82 Å². The minimum Gasteiger partial charge on any atom is -0.372 e. The molecule has 0 aliphatic rings. The van der Waals surface area contributed by atoms with Crippen LogP contribution in [0.25, 0.3) is 11.4 Å². The largest absolute Gasteiger partial charge is 0.372 e. The Morgan fingerprint density at radius 1 is 1.39 bits per heavy atom. The Kier molecular flexibility index (Phi) is 3.96. The summed E-state index contributed by atoms with van der Waals surface area (Å²) in [6.07, 6.45) is 5.66. The molecule has 6 heteroatoms. The highest BCUT2D eigenvalue weighted by Crippen LogP contribution is 2.27. The highest BCUT2D eigenvalue weighted by molar-refractivity contribution is 9.10. The van der Waals surface area contributed by atoms with Gasteiger partial charge in [-0.05, 0) is 22.4 Å². The van der Waals surface area contributed by atoms with E-state index in [2.05, 4.69) is 43.2 Å². The average Bonchev–Trinajstić information content (AvgIpc) is 2.79. The zero-order chi connectivity index (χ0) is 13.1. The number of anilines is 1. The molecule has 0 aliphatic heterocycles. The fourth-order valence-electron chi connectivity index (χ4n) is 1.73. The molecular formula is C12H16BrN5. The second-order valence-electron chi connectivity index (χ2n) is 4.06. The lowest BCUT2D eigenvalue weighted by atomic mass is 10.2. The van der Waals surface area contributed by atoms with Gasteiger partial charge in [-0.25, -0.2) is 9.97 Å². The topological polar surface area (TPSA) is 55.6 Å². The highest BCUT2D eigenvalue weighted by atomic mass is 79.9. The number of nitrogens with one attached hydrogen (secondary N) is 1. The molecule has 0 spiro atoms. The summed E-state index contributed by atoms with van der Waals surface area (Å²) in [6.45, 7) is 2.14. The third-order valence-corrected chi connectivity index (χ3v) is 3.44. The van der Waals surface area contributed by atoms with Gasteiger partial charge < -0.3 is 5.32 Å². The number of aryl methyl sites for hydroxylation is 2. The van der Waals surface area contributed by atoms with Gasteiger partial charge >= 0.3 is 0 Å². The summed E-state index contributed by atoms with van der Waals surface area (Å²) >= 11 is 3.55. The number of hydrogen-bond acceptors (Lipinski definition) is 4. The molecule has 5 nitrogen and oxygen atoms in total. The maximum atomic E-state index is 4.60. The van der Waals surface area contributed by atoms with Crippen LogP contribution < -0.4 is 5.32 Å². The number of rotatable bonds is 4. The van der Waals surface area contributed by atoms with Gasteiger partial charge in [0.15, 0.2) is 5.82 Å². The van der Waals surface area contributed by atoms with Crippen molar-refractivity contribution in [2.24, 2.45) is 7.05 Å². The minimum absolute atomic E-state index is 0.708. The van der Waals surface area contributed by atoms with Crippen molar-refractivity contribution in [2.75, 3.05) is 12.4 Å². The Bertz CT molecular complexity index is 549. The normalized spacial score (nSPS) is 10.7. The minimum atomic E-state index is 0.708. The first kappa shape index (κ1) is 13.0. The van der Waals surface area contributed by atoms with E-state index in [1.54, 1.807) is 10.9 Å². The van der Waals surface area contributed by atoms with Crippen molar-refractivity contribution in [3.63, 3.8) is 0 Å². The summed E-state index contributed by atoms with van der Waals surface area (Å²) < 4.78 is 2.69. The molecule has 0 unspecified atom stereocenters. The van der Waals surface area contributed by atoms with E-state index in [1.807, 2.05) is 20.3 Å². The lowest BCUT2D eigenvalue weighted by Crippen LogP contribution is -2.03. The number of nitrogens with zero attached hydrogens (tertiary/aromatic N) is 4. The maximum absolute atomic E-state index is 4.60. The van der Waals surface area contributed by atoms with E-state index >= 15 is 0 Å². The Morgan fingerprint density at radius 2 is 2.17 bits per heavy atom. The zero-order valence-corrected chi connectivity index (χ0v) is 12.3. The van der Waals surface area contributed by atoms with Crippen LogP contribution in [0, 0.1) is 0 Å². The fraction of sp³-hybridized carbons (Fsp3) is 0.417. The van der Waals surface area contributed by atoms with Crippen LogP contribution in [0.3, 0.4) is 0 Å². The van der Waals surface area contributed by atoms with Crippen molar-refractivity contribution in [1.82, 2.24) is 19.7 Å². The molecule has 0 radical (unpaired) electrons. The fourth-order valence-corrected chi connectivity index (χ4v) is 2.30. The van der Waals surface area contributed by atoms with Gasteiger partial charge in [0, 0.05) is 20.3 Å². The second kappa shape index (κ2) is 5.48. The van der Waals surface area contributed by atoms with Crippen molar-refractivity contribution < 1.29 is 0 Å². The van der Waals surface area contributed by atoms with Gasteiger partial charge in [-0.15, -0.1) is 0 Å². The monoisotopic (exact) mass is 309 g/mol. The van der Waals surface area contributed by atoms with E-state index in [0.29, 0.717) is 5.82 Å². The van der Waals surface area contributed by atoms with Crippen molar-refractivity contribution in [2.45, 2.75) is 19.8 Å². The van der Waals surface area contributed by atoms with Gasteiger partial charge in [0.1, 0.15) is 5.82 Å². The Hall–Kier alpha value is -1.43. The number of aromatic nitrogens is 4. The molecule has 1 N–H and O–H groups in total. The molecule has 0 aromatic carbocycles. The maximum Gasteiger partial charge on any atom is 0.165 e. The van der Waals surface area contributed by atoms with E-state index in [4.69, 9.17) is 0 Å². The van der Waals surface area contributed by atoms with Crippen LogP contribution in [0.2, 0.25) is 0 Å². The van der Waals surface area contributed by atoms with Gasteiger partial charge in [-0.2, -0.15) is 5.10 Å². The lowest BCUT2D eigenvalue weighted by molar-refractivity contribution is 0.768. The summed E-state index contributed by atoms with van der Waals surface area (Å²) in [5.41, 5.74) is 1.95. The summed E-state index contributed by atoms with van der Waals surface area (Å²) in [6, 6.07) is 0. The van der Waals surface area contributed by atoms with E-state index < -0.39 is 0 Å². The molecule has 96 valence electrons. The first-order valence-electron chi connectivity index (χ1n) is 5.89. The van der Waals surface area contributed by atoms with Gasteiger partial charge in [0.25, 0.3) is 0 Å². The molecule has 0 amide bonds.